The number of aromatic nitrogens is 2. The lowest BCUT2D eigenvalue weighted by molar-refractivity contribution is 0.104. The molecule has 0 aliphatic carbocycles. The highest BCUT2D eigenvalue weighted by molar-refractivity contribution is 6.07. The number of hydrogen-bond donors (Lipinski definition) is 1. The van der Waals surface area contributed by atoms with Crippen LogP contribution in [-0.2, 0) is 0 Å². The molecule has 3 aromatic carbocycles. The Kier molecular flexibility index (Phi) is 5.44. The van der Waals surface area contributed by atoms with Gasteiger partial charge in [0.05, 0.1) is 18.5 Å². The first-order valence-electron chi connectivity index (χ1n) is 9.48. The summed E-state index contributed by atoms with van der Waals surface area (Å²) in [6.07, 6.45) is 5.05. The molecule has 0 spiro atoms. The molecule has 0 unspecified atom stereocenters. The SMILES string of the molecule is COc1ccc(-c2cn(-c3cccc(C(=O)/C=C/c4ccccc4)c3)c(=O)[nH]2)cc1. The van der Waals surface area contributed by atoms with E-state index in [-0.39, 0.29) is 11.5 Å². The number of carbonyl (C=O) groups excluding carboxylic acids is 1. The fourth-order valence-corrected chi connectivity index (χ4v) is 3.15. The largest absolute Gasteiger partial charge is 0.497 e. The Morgan fingerprint density at radius 1 is 0.967 bits per heavy atom. The minimum absolute atomic E-state index is 0.125. The molecule has 0 fully saturated rings. The minimum Gasteiger partial charge on any atom is -0.497 e. The number of ketones is 1. The molecular weight excluding hydrogens is 376 g/mol. The molecule has 0 atom stereocenters. The van der Waals surface area contributed by atoms with Gasteiger partial charge in [0.15, 0.2) is 5.78 Å². The van der Waals surface area contributed by atoms with Gasteiger partial charge in [-0.25, -0.2) is 4.79 Å². The van der Waals surface area contributed by atoms with Crippen molar-refractivity contribution in [3.63, 3.8) is 0 Å². The normalized spacial score (nSPS) is 11.0. The van der Waals surface area contributed by atoms with Crippen LogP contribution < -0.4 is 10.4 Å². The molecule has 0 radical (unpaired) electrons. The van der Waals surface area contributed by atoms with E-state index < -0.39 is 0 Å². The molecule has 148 valence electrons. The summed E-state index contributed by atoms with van der Waals surface area (Å²) < 4.78 is 6.67. The molecule has 1 N–H and O–H groups in total. The van der Waals surface area contributed by atoms with Gasteiger partial charge < -0.3 is 9.72 Å². The molecule has 0 aliphatic heterocycles. The molecule has 4 aromatic rings. The van der Waals surface area contributed by atoms with Gasteiger partial charge in [-0.1, -0.05) is 48.5 Å². The van der Waals surface area contributed by atoms with Gasteiger partial charge in [-0.3, -0.25) is 9.36 Å². The third kappa shape index (κ3) is 4.15. The van der Waals surface area contributed by atoms with Gasteiger partial charge in [-0.15, -0.1) is 0 Å². The van der Waals surface area contributed by atoms with Gasteiger partial charge in [0.1, 0.15) is 5.75 Å². The van der Waals surface area contributed by atoms with Crippen LogP contribution in [0.15, 0.2) is 95.9 Å². The third-order valence-electron chi connectivity index (χ3n) is 4.76. The number of aromatic amines is 1. The second-order valence-corrected chi connectivity index (χ2v) is 6.73. The van der Waals surface area contributed by atoms with E-state index in [4.69, 9.17) is 4.74 Å². The van der Waals surface area contributed by atoms with Crippen molar-refractivity contribution in [2.75, 3.05) is 7.11 Å². The van der Waals surface area contributed by atoms with E-state index in [1.54, 1.807) is 43.6 Å². The van der Waals surface area contributed by atoms with E-state index in [0.29, 0.717) is 16.9 Å². The molecule has 0 saturated carbocycles. The number of H-pyrrole nitrogens is 1. The van der Waals surface area contributed by atoms with E-state index in [2.05, 4.69) is 4.98 Å². The highest BCUT2D eigenvalue weighted by Crippen LogP contribution is 2.21. The summed E-state index contributed by atoms with van der Waals surface area (Å²) >= 11 is 0. The topological polar surface area (TPSA) is 64.1 Å². The summed E-state index contributed by atoms with van der Waals surface area (Å²) in [7, 11) is 1.61. The maximum absolute atomic E-state index is 12.6. The molecule has 0 amide bonds. The van der Waals surface area contributed by atoms with Crippen molar-refractivity contribution in [2.24, 2.45) is 0 Å². The monoisotopic (exact) mass is 396 g/mol. The van der Waals surface area contributed by atoms with Crippen LogP contribution in [0.1, 0.15) is 15.9 Å². The Labute approximate surface area is 173 Å². The molecule has 0 bridgehead atoms. The summed E-state index contributed by atoms with van der Waals surface area (Å²) in [6, 6.07) is 24.1. The fraction of sp³-hybridized carbons (Fsp3) is 0.0400. The standard InChI is InChI=1S/C25H20N2O3/c1-30-22-13-11-19(12-14-22)23-17-27(25(29)26-23)21-9-5-8-20(16-21)24(28)15-10-18-6-3-2-4-7-18/h2-17H,1H3,(H,26,29)/b15-10+. The van der Waals surface area contributed by atoms with E-state index in [9.17, 15) is 9.59 Å². The maximum Gasteiger partial charge on any atom is 0.330 e. The number of ether oxygens (including phenoxy) is 1. The number of allylic oxidation sites excluding steroid dienone is 1. The van der Waals surface area contributed by atoms with Crippen molar-refractivity contribution in [3.05, 3.63) is 113 Å². The van der Waals surface area contributed by atoms with Gasteiger partial charge >= 0.3 is 5.69 Å². The van der Waals surface area contributed by atoms with Crippen LogP contribution in [0.25, 0.3) is 23.0 Å². The van der Waals surface area contributed by atoms with Gasteiger partial charge in [-0.2, -0.15) is 0 Å². The average Bonchev–Trinajstić information content (AvgIpc) is 3.20. The predicted molar refractivity (Wildman–Crippen MR) is 118 cm³/mol. The van der Waals surface area contributed by atoms with Gasteiger partial charge in [0, 0.05) is 11.8 Å². The van der Waals surface area contributed by atoms with Crippen LogP contribution >= 0.6 is 0 Å². The number of hydrogen-bond acceptors (Lipinski definition) is 3. The fourth-order valence-electron chi connectivity index (χ4n) is 3.15. The Morgan fingerprint density at radius 3 is 2.47 bits per heavy atom. The average molecular weight is 396 g/mol. The second-order valence-electron chi connectivity index (χ2n) is 6.73. The van der Waals surface area contributed by atoms with Crippen LogP contribution in [0.2, 0.25) is 0 Å². The smallest absolute Gasteiger partial charge is 0.330 e. The molecule has 1 heterocycles. The Bertz CT molecular complexity index is 1250. The van der Waals surface area contributed by atoms with Crippen molar-refractivity contribution in [1.29, 1.82) is 0 Å². The first-order chi connectivity index (χ1) is 14.6. The lowest BCUT2D eigenvalue weighted by atomic mass is 10.1. The molecule has 5 nitrogen and oxygen atoms in total. The molecule has 5 heteroatoms. The molecule has 4 rings (SSSR count). The Balaban J connectivity index is 1.61. The van der Waals surface area contributed by atoms with Crippen LogP contribution in [0, 0.1) is 0 Å². The van der Waals surface area contributed by atoms with Crippen molar-refractivity contribution >= 4 is 11.9 Å². The quantitative estimate of drug-likeness (QED) is 0.378. The molecule has 0 aliphatic rings. The maximum atomic E-state index is 12.6. The summed E-state index contributed by atoms with van der Waals surface area (Å²) in [6.45, 7) is 0. The van der Waals surface area contributed by atoms with Crippen LogP contribution in [0.4, 0.5) is 0 Å². The van der Waals surface area contributed by atoms with Crippen molar-refractivity contribution in [3.8, 4) is 22.7 Å². The van der Waals surface area contributed by atoms with E-state index in [1.165, 1.54) is 10.6 Å². The van der Waals surface area contributed by atoms with Crippen molar-refractivity contribution < 1.29 is 9.53 Å². The second kappa shape index (κ2) is 8.49. The van der Waals surface area contributed by atoms with Gasteiger partial charge in [0.2, 0.25) is 0 Å². The summed E-state index contributed by atoms with van der Waals surface area (Å²) in [5.41, 5.74) is 3.36. The number of methoxy groups -OCH3 is 1. The molecular formula is C25H20N2O3. The number of imidazole rings is 1. The summed E-state index contributed by atoms with van der Waals surface area (Å²) in [5.74, 6) is 0.620. The molecule has 30 heavy (non-hydrogen) atoms. The lowest BCUT2D eigenvalue weighted by Crippen LogP contribution is -2.14. The summed E-state index contributed by atoms with van der Waals surface area (Å²) in [4.78, 5) is 28.0. The van der Waals surface area contributed by atoms with Crippen LogP contribution in [0.3, 0.4) is 0 Å². The molecule has 0 saturated heterocycles. The summed E-state index contributed by atoms with van der Waals surface area (Å²) in [5, 5.41) is 0. The minimum atomic E-state index is -0.273. The zero-order chi connectivity index (χ0) is 20.9. The zero-order valence-corrected chi connectivity index (χ0v) is 16.4. The first-order valence-corrected chi connectivity index (χ1v) is 9.48. The van der Waals surface area contributed by atoms with Crippen molar-refractivity contribution in [1.82, 2.24) is 9.55 Å². The number of nitrogens with zero attached hydrogens (tertiary/aromatic N) is 1. The van der Waals surface area contributed by atoms with Gasteiger partial charge in [-0.05, 0) is 53.6 Å². The van der Waals surface area contributed by atoms with E-state index in [0.717, 1.165) is 16.9 Å². The van der Waals surface area contributed by atoms with Crippen LogP contribution in [-0.4, -0.2) is 22.4 Å². The predicted octanol–water partition coefficient (Wildman–Crippen LogP) is 4.74. The highest BCUT2D eigenvalue weighted by Gasteiger charge is 2.09. The van der Waals surface area contributed by atoms with E-state index in [1.807, 2.05) is 54.6 Å². The number of benzene rings is 3. The number of rotatable bonds is 6. The van der Waals surface area contributed by atoms with Crippen LogP contribution in [0.5, 0.6) is 5.75 Å². The lowest BCUT2D eigenvalue weighted by Gasteiger charge is -2.03. The van der Waals surface area contributed by atoms with Gasteiger partial charge in [0.25, 0.3) is 0 Å². The third-order valence-corrected chi connectivity index (χ3v) is 4.76. The van der Waals surface area contributed by atoms with E-state index >= 15 is 0 Å². The van der Waals surface area contributed by atoms with Crippen molar-refractivity contribution in [2.45, 2.75) is 0 Å². The first kappa shape index (κ1) is 19.2. The zero-order valence-electron chi connectivity index (χ0n) is 16.4. The highest BCUT2D eigenvalue weighted by atomic mass is 16.5. The Morgan fingerprint density at radius 2 is 1.73 bits per heavy atom. The number of carbonyl (C=O) groups is 1. The number of nitrogens with one attached hydrogen (secondary N) is 1. The Hall–Kier alpha value is -4.12. The molecule has 1 aromatic heterocycles.